The third kappa shape index (κ3) is 102. The lowest BCUT2D eigenvalue weighted by molar-refractivity contribution is 0.185. The van der Waals surface area contributed by atoms with Gasteiger partial charge in [0.15, 0.2) is 0 Å². The topological polar surface area (TPSA) is 58.9 Å². The van der Waals surface area contributed by atoms with Crippen molar-refractivity contribution >= 4 is 0 Å². The number of rotatable bonds is 6. The van der Waals surface area contributed by atoms with E-state index < -0.39 is 0 Å². The van der Waals surface area contributed by atoms with Gasteiger partial charge in [-0.3, -0.25) is 0 Å². The van der Waals surface area contributed by atoms with E-state index in [2.05, 4.69) is 25.2 Å². The van der Waals surface area contributed by atoms with Crippen LogP contribution in [-0.2, 0) is 16.1 Å². The number of allylic oxidation sites excluding steroid dienone is 2. The van der Waals surface area contributed by atoms with Crippen molar-refractivity contribution in [3.63, 3.8) is 0 Å². The number of aliphatic hydroxyl groups excluding tert-OH is 2. The van der Waals surface area contributed by atoms with Crippen molar-refractivity contribution in [2.75, 3.05) is 27.4 Å². The molecule has 0 spiro atoms. The second-order valence-electron chi connectivity index (χ2n) is 6.10. The number of benzene rings is 1. The summed E-state index contributed by atoms with van der Waals surface area (Å²) in [6, 6.07) is 10.1. The second kappa shape index (κ2) is 57.0. The first-order valence-corrected chi connectivity index (χ1v) is 11.8. The number of aliphatic hydroxyl groups is 2. The summed E-state index contributed by atoms with van der Waals surface area (Å²) in [5.74, 6) is 0. The van der Waals surface area contributed by atoms with Crippen molar-refractivity contribution < 1.29 is 19.7 Å². The monoisotopic (exact) mass is 458 g/mol. The molecule has 32 heavy (non-hydrogen) atoms. The van der Waals surface area contributed by atoms with E-state index in [1.807, 2.05) is 65.0 Å². The quantitative estimate of drug-likeness (QED) is 0.426. The molecule has 1 aromatic rings. The summed E-state index contributed by atoms with van der Waals surface area (Å²) in [4.78, 5) is 0. The highest BCUT2D eigenvalue weighted by molar-refractivity contribution is 5.13. The number of ether oxygens (including phenoxy) is 2. The van der Waals surface area contributed by atoms with Crippen LogP contribution in [0.5, 0.6) is 0 Å². The van der Waals surface area contributed by atoms with E-state index in [0.29, 0.717) is 6.61 Å². The molecule has 0 atom stereocenters. The molecular weight excluding hydrogens is 400 g/mol. The lowest BCUT2D eigenvalue weighted by Crippen LogP contribution is -1.85. The summed E-state index contributed by atoms with van der Waals surface area (Å²) in [7, 11) is 3.38. The smallest absolute Gasteiger partial charge is 0.0713 e. The van der Waals surface area contributed by atoms with Crippen LogP contribution in [-0.4, -0.2) is 43.8 Å². The summed E-state index contributed by atoms with van der Waals surface area (Å²) < 4.78 is 9.47. The summed E-state index contributed by atoms with van der Waals surface area (Å²) in [6.45, 7) is 22.6. The van der Waals surface area contributed by atoms with E-state index in [-0.39, 0.29) is 12.7 Å². The normalized spacial score (nSPS) is 8.19. The molecule has 0 amide bonds. The molecule has 0 saturated carbocycles. The molecule has 0 aliphatic heterocycles. The molecule has 0 radical (unpaired) electrons. The first-order valence-electron chi connectivity index (χ1n) is 11.8. The maximum absolute atomic E-state index is 8.06. The molecular formula is C28H58O4. The van der Waals surface area contributed by atoms with E-state index in [1.54, 1.807) is 46.3 Å². The maximum Gasteiger partial charge on any atom is 0.0713 e. The van der Waals surface area contributed by atoms with Gasteiger partial charge in [0.1, 0.15) is 0 Å². The third-order valence-corrected chi connectivity index (χ3v) is 2.49. The van der Waals surface area contributed by atoms with Crippen LogP contribution in [0.3, 0.4) is 0 Å². The Hall–Kier alpha value is -1.46. The van der Waals surface area contributed by atoms with Crippen LogP contribution < -0.4 is 0 Å². The van der Waals surface area contributed by atoms with E-state index >= 15 is 0 Å². The van der Waals surface area contributed by atoms with Gasteiger partial charge in [0.25, 0.3) is 0 Å². The Bertz CT molecular complexity index is 370. The number of hydrogen-bond acceptors (Lipinski definition) is 4. The molecule has 0 aliphatic rings. The third-order valence-electron chi connectivity index (χ3n) is 2.49. The minimum absolute atomic E-state index is 0.163. The summed E-state index contributed by atoms with van der Waals surface area (Å²) >= 11 is 0. The summed E-state index contributed by atoms with van der Waals surface area (Å²) in [6.07, 6.45) is 9.15. The van der Waals surface area contributed by atoms with Gasteiger partial charge in [-0.15, -0.1) is 6.58 Å². The van der Waals surface area contributed by atoms with Crippen molar-refractivity contribution in [3.8, 4) is 0 Å². The molecule has 0 unspecified atom stereocenters. The zero-order valence-electron chi connectivity index (χ0n) is 23.4. The minimum Gasteiger partial charge on any atom is -0.394 e. The fourth-order valence-corrected chi connectivity index (χ4v) is 1.20. The average molecular weight is 459 g/mol. The maximum atomic E-state index is 8.06. The van der Waals surface area contributed by atoms with Gasteiger partial charge in [-0.1, -0.05) is 95.5 Å². The Labute approximate surface area is 202 Å². The lowest BCUT2D eigenvalue weighted by Gasteiger charge is -1.95. The Morgan fingerprint density at radius 3 is 1.47 bits per heavy atom. The highest BCUT2D eigenvalue weighted by Gasteiger charge is 1.84. The number of unbranched alkanes of at least 4 members (excludes halogenated alkanes) is 2. The van der Waals surface area contributed by atoms with E-state index in [0.717, 1.165) is 6.61 Å². The fraction of sp³-hybridized carbons (Fsp3) is 0.643. The molecule has 194 valence electrons. The molecule has 0 aliphatic carbocycles. The highest BCUT2D eigenvalue weighted by Crippen LogP contribution is 1.98. The van der Waals surface area contributed by atoms with E-state index in [1.165, 1.54) is 24.8 Å². The zero-order chi connectivity index (χ0) is 26.5. The highest BCUT2D eigenvalue weighted by atomic mass is 16.5. The first-order chi connectivity index (χ1) is 15.3. The molecule has 4 nitrogen and oxygen atoms in total. The molecule has 1 aromatic carbocycles. The van der Waals surface area contributed by atoms with Crippen LogP contribution in [0.2, 0.25) is 0 Å². The van der Waals surface area contributed by atoms with Gasteiger partial charge in [0, 0.05) is 26.9 Å². The summed E-state index contributed by atoms with van der Waals surface area (Å²) in [5, 5.41) is 16.0. The predicted molar refractivity (Wildman–Crippen MR) is 146 cm³/mol. The van der Waals surface area contributed by atoms with Crippen molar-refractivity contribution in [3.05, 3.63) is 60.7 Å². The van der Waals surface area contributed by atoms with Crippen molar-refractivity contribution in [2.45, 2.75) is 94.3 Å². The molecule has 0 saturated heterocycles. The Morgan fingerprint density at radius 1 is 0.938 bits per heavy atom. The number of hydrogen-bond donors (Lipinski definition) is 2. The molecule has 1 rings (SSSR count). The van der Waals surface area contributed by atoms with Crippen molar-refractivity contribution in [1.82, 2.24) is 0 Å². The van der Waals surface area contributed by atoms with Gasteiger partial charge < -0.3 is 19.7 Å². The van der Waals surface area contributed by atoms with Gasteiger partial charge in [-0.2, -0.15) is 0 Å². The molecule has 0 heterocycles. The predicted octanol–water partition coefficient (Wildman–Crippen LogP) is 7.84. The van der Waals surface area contributed by atoms with Crippen LogP contribution in [0.4, 0.5) is 0 Å². The molecule has 0 bridgehead atoms. The van der Waals surface area contributed by atoms with Crippen LogP contribution >= 0.6 is 0 Å². The average Bonchev–Trinajstić information content (AvgIpc) is 2.78. The van der Waals surface area contributed by atoms with Crippen molar-refractivity contribution in [2.24, 2.45) is 0 Å². The number of methoxy groups -OCH3 is 2. The van der Waals surface area contributed by atoms with Crippen LogP contribution in [0.15, 0.2) is 55.1 Å². The van der Waals surface area contributed by atoms with Gasteiger partial charge in [0.2, 0.25) is 0 Å². The second-order valence-corrected chi connectivity index (χ2v) is 6.10. The summed E-state index contributed by atoms with van der Waals surface area (Å²) in [5.41, 5.74) is 1.22. The Balaban J connectivity index is -0.0000000653. The molecule has 2 N–H and O–H groups in total. The minimum atomic E-state index is -0.167. The SMILES string of the molecule is C/C=C/CO.C=CC.CC.CC(C)O.CCCCC.CCOC.COCc1ccccc1. The van der Waals surface area contributed by atoms with Crippen molar-refractivity contribution in [1.29, 1.82) is 0 Å². The standard InChI is InChI=1S/C8H10O.C5H12.C4H8O.2C3H8O.C3H6.C2H6/c1-9-7-8-5-3-2-4-6-8;1-3-5-4-2;1-2-3-4-5;1-3-4-2;1-3(2)4;1-3-2;1-2/h2-6H,7H2,1H3;3-5H2,1-2H3;2-3,5H,4H2,1H3;3H2,1-2H3;3-4H,1-2H3;3H,1H2,2H3;1-2H3/b;;3-2+;;;;. The zero-order valence-corrected chi connectivity index (χ0v) is 23.4. The van der Waals surface area contributed by atoms with E-state index in [9.17, 15) is 0 Å². The van der Waals surface area contributed by atoms with Crippen LogP contribution in [0.25, 0.3) is 0 Å². The van der Waals surface area contributed by atoms with Gasteiger partial charge in [-0.25, -0.2) is 0 Å². The van der Waals surface area contributed by atoms with Gasteiger partial charge in [-0.05, 0) is 40.2 Å². The van der Waals surface area contributed by atoms with Crippen LogP contribution in [0.1, 0.15) is 87.1 Å². The lowest BCUT2D eigenvalue weighted by atomic mass is 10.2. The largest absolute Gasteiger partial charge is 0.394 e. The molecule has 4 heteroatoms. The Kier molecular flexibility index (Phi) is 78.9. The van der Waals surface area contributed by atoms with Gasteiger partial charge >= 0.3 is 0 Å². The van der Waals surface area contributed by atoms with Crippen LogP contribution in [0, 0.1) is 0 Å². The van der Waals surface area contributed by atoms with E-state index in [4.69, 9.17) is 14.9 Å². The molecule has 0 aromatic heterocycles. The Morgan fingerprint density at radius 2 is 1.31 bits per heavy atom. The first kappa shape index (κ1) is 44.3. The molecule has 0 fully saturated rings. The fourth-order valence-electron chi connectivity index (χ4n) is 1.20. The van der Waals surface area contributed by atoms with Gasteiger partial charge in [0.05, 0.1) is 13.2 Å².